The van der Waals surface area contributed by atoms with Gasteiger partial charge >= 0.3 is 24.9 Å². The third-order valence-corrected chi connectivity index (χ3v) is 3.65. The lowest BCUT2D eigenvalue weighted by Crippen LogP contribution is -2.41. The van der Waals surface area contributed by atoms with Crippen molar-refractivity contribution >= 4 is 29.2 Å². The van der Waals surface area contributed by atoms with Crippen molar-refractivity contribution < 1.29 is 54.2 Å². The van der Waals surface area contributed by atoms with Crippen LogP contribution in [-0.4, -0.2) is 30.8 Å². The van der Waals surface area contributed by atoms with Gasteiger partial charge in [-0.3, -0.25) is 10.1 Å². The van der Waals surface area contributed by atoms with Crippen LogP contribution in [0.2, 0.25) is 5.02 Å². The first-order valence-corrected chi connectivity index (χ1v) is 8.39. The molecule has 0 aromatic heterocycles. The summed E-state index contributed by atoms with van der Waals surface area (Å²) in [5.74, 6) is -4.77. The molecule has 174 valence electrons. The van der Waals surface area contributed by atoms with Crippen molar-refractivity contribution in [3.63, 3.8) is 0 Å². The number of ether oxygens (including phenoxy) is 2. The molecule has 2 aromatic rings. The van der Waals surface area contributed by atoms with E-state index in [0.717, 1.165) is 30.3 Å². The molecule has 3 amide bonds. The van der Waals surface area contributed by atoms with Gasteiger partial charge in [0.05, 0.1) is 5.02 Å². The van der Waals surface area contributed by atoms with Crippen LogP contribution in [0.15, 0.2) is 36.4 Å². The molecule has 0 aliphatic heterocycles. The highest BCUT2D eigenvalue weighted by Gasteiger charge is 2.53. The molecule has 1 atom stereocenters. The van der Waals surface area contributed by atoms with Gasteiger partial charge in [0.25, 0.3) is 5.91 Å². The number of halogens is 9. The molecule has 0 aliphatic rings. The highest BCUT2D eigenvalue weighted by molar-refractivity contribution is 6.32. The second-order valence-electron chi connectivity index (χ2n) is 5.69. The lowest BCUT2D eigenvalue weighted by Gasteiger charge is -2.22. The average Bonchev–Trinajstić information content (AvgIpc) is 2.61. The van der Waals surface area contributed by atoms with Crippen LogP contribution in [0.4, 0.5) is 45.6 Å². The smallest absolute Gasteiger partial charge is 0.451 e. The fraction of sp³-hybridized carbons (Fsp3) is 0.176. The van der Waals surface area contributed by atoms with E-state index in [-0.39, 0.29) is 5.69 Å². The largest absolute Gasteiger partial charge is 0.527 e. The highest BCUT2D eigenvalue weighted by Crippen LogP contribution is 2.35. The van der Waals surface area contributed by atoms with Gasteiger partial charge in [-0.1, -0.05) is 17.7 Å². The zero-order chi connectivity index (χ0) is 24.3. The van der Waals surface area contributed by atoms with Crippen molar-refractivity contribution in [2.45, 2.75) is 18.8 Å². The molecule has 6 nitrogen and oxygen atoms in total. The van der Waals surface area contributed by atoms with Gasteiger partial charge in [0.15, 0.2) is 0 Å². The zero-order valence-corrected chi connectivity index (χ0v) is 15.8. The monoisotopic (exact) mass is 492 g/mol. The average molecular weight is 493 g/mol. The lowest BCUT2D eigenvalue weighted by atomic mass is 10.2. The first kappa shape index (κ1) is 25.1. The molecule has 2 aromatic carbocycles. The Hall–Kier alpha value is -3.13. The van der Waals surface area contributed by atoms with Crippen LogP contribution in [0.3, 0.4) is 0 Å². The molecule has 0 saturated heterocycles. The first-order valence-electron chi connectivity index (χ1n) is 8.01. The van der Waals surface area contributed by atoms with E-state index in [0.29, 0.717) is 6.07 Å². The maximum absolute atomic E-state index is 13.5. The Labute approximate surface area is 178 Å². The molecule has 0 radical (unpaired) electrons. The minimum absolute atomic E-state index is 0.240. The van der Waals surface area contributed by atoms with E-state index in [9.17, 15) is 44.7 Å². The zero-order valence-electron chi connectivity index (χ0n) is 15.1. The Morgan fingerprint density at radius 1 is 1.00 bits per heavy atom. The molecule has 2 rings (SSSR count). The minimum atomic E-state index is -5.86. The van der Waals surface area contributed by atoms with E-state index in [1.807, 2.05) is 5.32 Å². The number of hydrogen-bond acceptors (Lipinski definition) is 4. The molecule has 0 spiro atoms. The Bertz CT molecular complexity index is 998. The van der Waals surface area contributed by atoms with Crippen LogP contribution >= 0.6 is 11.6 Å². The second kappa shape index (κ2) is 9.56. The number of carbonyl (C=O) groups excluding carboxylic acids is 2. The topological polar surface area (TPSA) is 76.7 Å². The Morgan fingerprint density at radius 3 is 2.12 bits per heavy atom. The van der Waals surface area contributed by atoms with Crippen molar-refractivity contribution in [2.24, 2.45) is 0 Å². The molecule has 2 N–H and O–H groups in total. The van der Waals surface area contributed by atoms with Crippen molar-refractivity contribution in [3.05, 3.63) is 58.6 Å². The third kappa shape index (κ3) is 6.68. The fourth-order valence-electron chi connectivity index (χ4n) is 2.10. The third-order valence-electron chi connectivity index (χ3n) is 3.35. The number of hydrogen-bond donors (Lipinski definition) is 2. The van der Waals surface area contributed by atoms with Crippen LogP contribution < -0.4 is 15.4 Å². The molecule has 0 unspecified atom stereocenters. The summed E-state index contributed by atoms with van der Waals surface area (Å²) in [5.41, 5.74) is -1.28. The molecule has 15 heteroatoms. The number of urea groups is 1. The summed E-state index contributed by atoms with van der Waals surface area (Å²) in [7, 11) is 0. The van der Waals surface area contributed by atoms with Crippen LogP contribution in [0, 0.1) is 11.6 Å². The van der Waals surface area contributed by atoms with Gasteiger partial charge in [0.1, 0.15) is 22.9 Å². The van der Waals surface area contributed by atoms with Gasteiger partial charge in [0.2, 0.25) is 0 Å². The molecular formula is C17H9ClF8N2O4. The van der Waals surface area contributed by atoms with Crippen molar-refractivity contribution in [2.75, 3.05) is 5.32 Å². The Morgan fingerprint density at radius 2 is 1.59 bits per heavy atom. The number of rotatable bonds is 6. The molecule has 32 heavy (non-hydrogen) atoms. The van der Waals surface area contributed by atoms with Gasteiger partial charge in [0, 0.05) is 5.69 Å². The second-order valence-corrected chi connectivity index (χ2v) is 6.10. The van der Waals surface area contributed by atoms with E-state index in [2.05, 4.69) is 9.47 Å². The highest BCUT2D eigenvalue weighted by atomic mass is 35.5. The summed E-state index contributed by atoms with van der Waals surface area (Å²) < 4.78 is 109. The maximum atomic E-state index is 13.5. The standard InChI is InChI=1S/C17H9ClF8N2O4/c18-8-6-7(4-5-11(8)31-14(21)16(22,23)32-17(24,25)26)27-15(30)28-13(29)12-9(19)2-1-3-10(12)20/h1-6,14H,(H2,27,28,29,30)/t14-/m1/s1. The SMILES string of the molecule is O=C(NC(=O)c1c(F)cccc1F)Nc1ccc(O[C@@H](F)C(F)(F)OC(F)(F)F)c(Cl)c1. The summed E-state index contributed by atoms with van der Waals surface area (Å²) in [6.07, 6.45) is -15.2. The number of imide groups is 1. The van der Waals surface area contributed by atoms with Gasteiger partial charge < -0.3 is 10.1 Å². The maximum Gasteiger partial charge on any atom is 0.527 e. The number of nitrogens with one attached hydrogen (secondary N) is 2. The predicted molar refractivity (Wildman–Crippen MR) is 91.9 cm³/mol. The first-order chi connectivity index (χ1) is 14.7. The summed E-state index contributed by atoms with van der Waals surface area (Å²) >= 11 is 5.65. The molecule has 0 bridgehead atoms. The van der Waals surface area contributed by atoms with Crippen LogP contribution in [0.1, 0.15) is 10.4 Å². The van der Waals surface area contributed by atoms with E-state index in [4.69, 9.17) is 11.6 Å². The van der Waals surface area contributed by atoms with Gasteiger partial charge in [-0.05, 0) is 30.3 Å². The van der Waals surface area contributed by atoms with E-state index in [1.54, 1.807) is 5.32 Å². The van der Waals surface area contributed by atoms with Gasteiger partial charge in [-0.15, -0.1) is 13.2 Å². The molecule has 0 aliphatic carbocycles. The van der Waals surface area contributed by atoms with E-state index in [1.165, 1.54) is 0 Å². The fourth-order valence-corrected chi connectivity index (χ4v) is 2.32. The molecule has 0 fully saturated rings. The van der Waals surface area contributed by atoms with Gasteiger partial charge in [-0.2, -0.15) is 13.2 Å². The summed E-state index contributed by atoms with van der Waals surface area (Å²) in [4.78, 5) is 23.6. The minimum Gasteiger partial charge on any atom is -0.451 e. The van der Waals surface area contributed by atoms with Crippen molar-refractivity contribution in [1.82, 2.24) is 5.32 Å². The Balaban J connectivity index is 2.04. The summed E-state index contributed by atoms with van der Waals surface area (Å²) in [6, 6.07) is 3.61. The normalized spacial score (nSPS) is 12.8. The number of amides is 3. The van der Waals surface area contributed by atoms with Crippen LogP contribution in [-0.2, 0) is 4.74 Å². The van der Waals surface area contributed by atoms with E-state index >= 15 is 0 Å². The summed E-state index contributed by atoms with van der Waals surface area (Å²) in [5, 5.41) is 2.96. The van der Waals surface area contributed by atoms with E-state index < -0.39 is 58.7 Å². The number of alkyl halides is 6. The Kier molecular flexibility index (Phi) is 7.51. The van der Waals surface area contributed by atoms with Crippen molar-refractivity contribution in [3.8, 4) is 5.75 Å². The van der Waals surface area contributed by atoms with Crippen LogP contribution in [0.5, 0.6) is 5.75 Å². The quantitative estimate of drug-likeness (QED) is 0.531. The lowest BCUT2D eigenvalue weighted by molar-refractivity contribution is -0.449. The molecule has 0 saturated carbocycles. The predicted octanol–water partition coefficient (Wildman–Crippen LogP) is 5.38. The molecule has 0 heterocycles. The van der Waals surface area contributed by atoms with Crippen molar-refractivity contribution in [1.29, 1.82) is 0 Å². The number of anilines is 1. The van der Waals surface area contributed by atoms with Crippen LogP contribution in [0.25, 0.3) is 0 Å². The number of benzene rings is 2. The summed E-state index contributed by atoms with van der Waals surface area (Å²) in [6.45, 7) is 0. The number of carbonyl (C=O) groups is 2. The van der Waals surface area contributed by atoms with Gasteiger partial charge in [-0.25, -0.2) is 18.3 Å². The molecular weight excluding hydrogens is 484 g/mol.